The SMILES string of the molecule is CC1CC(C)C2(CCCN2I)C1. The van der Waals surface area contributed by atoms with Gasteiger partial charge in [0.2, 0.25) is 0 Å². The van der Waals surface area contributed by atoms with Gasteiger partial charge in [0.25, 0.3) is 0 Å². The average molecular weight is 279 g/mol. The third-order valence-corrected chi connectivity index (χ3v) is 5.27. The third-order valence-electron chi connectivity index (χ3n) is 3.82. The van der Waals surface area contributed by atoms with Gasteiger partial charge in [-0.1, -0.05) is 13.8 Å². The second-order valence-corrected chi connectivity index (χ2v) is 5.90. The van der Waals surface area contributed by atoms with E-state index in [0.717, 1.165) is 11.8 Å². The minimum Gasteiger partial charge on any atom is -0.241 e. The van der Waals surface area contributed by atoms with E-state index in [2.05, 4.69) is 39.8 Å². The molecule has 0 radical (unpaired) electrons. The Morgan fingerprint density at radius 1 is 1.42 bits per heavy atom. The van der Waals surface area contributed by atoms with Crippen LogP contribution in [0.3, 0.4) is 0 Å². The topological polar surface area (TPSA) is 3.24 Å². The van der Waals surface area contributed by atoms with Gasteiger partial charge in [-0.2, -0.15) is 0 Å². The summed E-state index contributed by atoms with van der Waals surface area (Å²) in [4.78, 5) is 0. The highest BCUT2D eigenvalue weighted by molar-refractivity contribution is 14.1. The number of halogens is 1. The summed E-state index contributed by atoms with van der Waals surface area (Å²) in [7, 11) is 0. The summed E-state index contributed by atoms with van der Waals surface area (Å²) in [5, 5.41) is 0. The van der Waals surface area contributed by atoms with Crippen molar-refractivity contribution in [2.45, 2.75) is 45.1 Å². The van der Waals surface area contributed by atoms with E-state index in [-0.39, 0.29) is 0 Å². The summed E-state index contributed by atoms with van der Waals surface area (Å²) in [5.74, 6) is 1.88. The fourth-order valence-corrected chi connectivity index (χ4v) is 4.52. The lowest BCUT2D eigenvalue weighted by molar-refractivity contribution is 0.220. The maximum Gasteiger partial charge on any atom is 0.0333 e. The van der Waals surface area contributed by atoms with E-state index in [0.29, 0.717) is 5.54 Å². The van der Waals surface area contributed by atoms with E-state index in [1.807, 2.05) is 0 Å². The van der Waals surface area contributed by atoms with Crippen molar-refractivity contribution in [3.63, 3.8) is 0 Å². The molecule has 2 rings (SSSR count). The Labute approximate surface area is 89.4 Å². The van der Waals surface area contributed by atoms with Crippen LogP contribution >= 0.6 is 22.9 Å². The molecule has 1 heterocycles. The minimum absolute atomic E-state index is 0.597. The minimum atomic E-state index is 0.597. The van der Waals surface area contributed by atoms with Crippen LogP contribution in [0.25, 0.3) is 0 Å². The van der Waals surface area contributed by atoms with Crippen molar-refractivity contribution in [2.24, 2.45) is 11.8 Å². The standard InChI is InChI=1S/C10H18IN/c1-8-6-9(2)10(7-8)4-3-5-12(10)11/h8-9H,3-7H2,1-2H3. The van der Waals surface area contributed by atoms with Gasteiger partial charge in [-0.3, -0.25) is 0 Å². The van der Waals surface area contributed by atoms with Crippen molar-refractivity contribution in [3.8, 4) is 0 Å². The molecule has 12 heavy (non-hydrogen) atoms. The highest BCUT2D eigenvalue weighted by Gasteiger charge is 2.49. The van der Waals surface area contributed by atoms with Gasteiger partial charge in [0.1, 0.15) is 0 Å². The van der Waals surface area contributed by atoms with Gasteiger partial charge in [-0.05, 0) is 37.5 Å². The highest BCUT2D eigenvalue weighted by Crippen LogP contribution is 2.50. The van der Waals surface area contributed by atoms with Crippen LogP contribution < -0.4 is 0 Å². The summed E-state index contributed by atoms with van der Waals surface area (Å²) in [6, 6.07) is 0. The molecule has 3 atom stereocenters. The lowest BCUT2D eigenvalue weighted by atomic mass is 9.87. The summed E-state index contributed by atoms with van der Waals surface area (Å²) in [6.45, 7) is 6.17. The Balaban J connectivity index is 2.19. The Morgan fingerprint density at radius 3 is 2.58 bits per heavy atom. The van der Waals surface area contributed by atoms with Gasteiger partial charge in [0, 0.05) is 34.9 Å². The van der Waals surface area contributed by atoms with Crippen LogP contribution in [0.1, 0.15) is 39.5 Å². The lowest BCUT2D eigenvalue weighted by Gasteiger charge is -2.34. The Kier molecular flexibility index (Phi) is 2.41. The molecule has 0 bridgehead atoms. The predicted octanol–water partition coefficient (Wildman–Crippen LogP) is 3.24. The van der Waals surface area contributed by atoms with Crippen LogP contribution in [-0.2, 0) is 0 Å². The van der Waals surface area contributed by atoms with E-state index >= 15 is 0 Å². The molecule has 70 valence electrons. The normalized spacial score (nSPS) is 49.2. The third kappa shape index (κ3) is 1.22. The van der Waals surface area contributed by atoms with E-state index in [1.165, 1.54) is 32.2 Å². The zero-order valence-corrected chi connectivity index (χ0v) is 10.2. The molecule has 1 aliphatic heterocycles. The van der Waals surface area contributed by atoms with E-state index in [9.17, 15) is 0 Å². The fraction of sp³-hybridized carbons (Fsp3) is 1.00. The maximum atomic E-state index is 2.60. The van der Waals surface area contributed by atoms with Gasteiger partial charge < -0.3 is 0 Å². The second-order valence-electron chi connectivity index (χ2n) is 4.74. The molecule has 2 fully saturated rings. The molecule has 1 aliphatic carbocycles. The van der Waals surface area contributed by atoms with Crippen LogP contribution in [0.5, 0.6) is 0 Å². The van der Waals surface area contributed by atoms with Crippen molar-refractivity contribution in [1.29, 1.82) is 0 Å². The molecule has 3 unspecified atom stereocenters. The molecule has 1 nitrogen and oxygen atoms in total. The van der Waals surface area contributed by atoms with Crippen molar-refractivity contribution in [2.75, 3.05) is 6.54 Å². The van der Waals surface area contributed by atoms with Crippen molar-refractivity contribution >= 4 is 22.9 Å². The quantitative estimate of drug-likeness (QED) is 0.486. The Morgan fingerprint density at radius 2 is 2.17 bits per heavy atom. The van der Waals surface area contributed by atoms with Crippen LogP contribution in [-0.4, -0.2) is 15.2 Å². The van der Waals surface area contributed by atoms with Crippen molar-refractivity contribution < 1.29 is 0 Å². The number of nitrogens with zero attached hydrogens (tertiary/aromatic N) is 1. The van der Waals surface area contributed by atoms with Gasteiger partial charge in [-0.15, -0.1) is 0 Å². The Bertz CT molecular complexity index is 183. The van der Waals surface area contributed by atoms with Crippen LogP contribution in [0.2, 0.25) is 0 Å². The zero-order valence-electron chi connectivity index (χ0n) is 8.02. The largest absolute Gasteiger partial charge is 0.241 e. The molecule has 1 saturated heterocycles. The molecule has 0 aromatic heterocycles. The predicted molar refractivity (Wildman–Crippen MR) is 60.3 cm³/mol. The van der Waals surface area contributed by atoms with Crippen molar-refractivity contribution in [1.82, 2.24) is 3.11 Å². The molecular weight excluding hydrogens is 261 g/mol. The van der Waals surface area contributed by atoms with Crippen LogP contribution in [0, 0.1) is 11.8 Å². The van der Waals surface area contributed by atoms with Gasteiger partial charge in [0.15, 0.2) is 0 Å². The monoisotopic (exact) mass is 279 g/mol. The van der Waals surface area contributed by atoms with E-state index in [4.69, 9.17) is 0 Å². The van der Waals surface area contributed by atoms with Gasteiger partial charge >= 0.3 is 0 Å². The first-order valence-corrected chi connectivity index (χ1v) is 6.05. The fourth-order valence-electron chi connectivity index (χ4n) is 3.27. The second kappa shape index (κ2) is 3.12. The average Bonchev–Trinajstić information content (AvgIpc) is 2.44. The molecular formula is C10H18IN. The molecule has 0 aromatic carbocycles. The zero-order chi connectivity index (χ0) is 8.77. The van der Waals surface area contributed by atoms with Gasteiger partial charge in [-0.25, -0.2) is 3.11 Å². The van der Waals surface area contributed by atoms with Gasteiger partial charge in [0.05, 0.1) is 0 Å². The lowest BCUT2D eigenvalue weighted by Crippen LogP contribution is -2.39. The summed E-state index contributed by atoms with van der Waals surface area (Å²) >= 11 is 2.55. The van der Waals surface area contributed by atoms with Crippen molar-refractivity contribution in [3.05, 3.63) is 0 Å². The van der Waals surface area contributed by atoms with Crippen LogP contribution in [0.15, 0.2) is 0 Å². The molecule has 0 aromatic rings. The van der Waals surface area contributed by atoms with E-state index < -0.39 is 0 Å². The highest BCUT2D eigenvalue weighted by atomic mass is 127. The summed E-state index contributed by atoms with van der Waals surface area (Å²) < 4.78 is 2.60. The molecule has 1 spiro atoms. The summed E-state index contributed by atoms with van der Waals surface area (Å²) in [5.41, 5.74) is 0.597. The first kappa shape index (κ1) is 9.25. The summed E-state index contributed by atoms with van der Waals surface area (Å²) in [6.07, 6.45) is 5.75. The molecule has 0 N–H and O–H groups in total. The number of hydrogen-bond donors (Lipinski definition) is 0. The number of rotatable bonds is 0. The molecule has 0 amide bonds. The molecule has 1 saturated carbocycles. The first-order chi connectivity index (χ1) is 5.65. The smallest absolute Gasteiger partial charge is 0.0333 e. The molecule has 2 heteroatoms. The molecule has 2 aliphatic rings. The first-order valence-electron chi connectivity index (χ1n) is 5.08. The Hall–Kier alpha value is 0.690. The maximum absolute atomic E-state index is 2.60. The number of hydrogen-bond acceptors (Lipinski definition) is 1. The van der Waals surface area contributed by atoms with Crippen LogP contribution in [0.4, 0.5) is 0 Å². The van der Waals surface area contributed by atoms with E-state index in [1.54, 1.807) is 0 Å².